The van der Waals surface area contributed by atoms with Crippen molar-refractivity contribution < 1.29 is 9.90 Å². The van der Waals surface area contributed by atoms with Crippen LogP contribution in [0.15, 0.2) is 36.5 Å². The Labute approximate surface area is 195 Å². The van der Waals surface area contributed by atoms with Crippen LogP contribution in [0.4, 0.5) is 4.79 Å². The van der Waals surface area contributed by atoms with Gasteiger partial charge in [0.15, 0.2) is 0 Å². The summed E-state index contributed by atoms with van der Waals surface area (Å²) in [6.07, 6.45) is 9.62. The van der Waals surface area contributed by atoms with Crippen LogP contribution < -0.4 is 5.32 Å². The lowest BCUT2D eigenvalue weighted by atomic mass is 9.68. The molecule has 1 aromatic heterocycles. The maximum Gasteiger partial charge on any atom is 0.320 e. The van der Waals surface area contributed by atoms with Crippen molar-refractivity contribution in [1.82, 2.24) is 30.1 Å². The minimum absolute atomic E-state index is 0.0261. The molecule has 178 valence electrons. The van der Waals surface area contributed by atoms with Gasteiger partial charge in [-0.3, -0.25) is 0 Å². The summed E-state index contributed by atoms with van der Waals surface area (Å²) in [7, 11) is 2.07. The van der Waals surface area contributed by atoms with Crippen LogP contribution >= 0.6 is 0 Å². The standard InChI is InChI=1S/C25H36N6O2/c1-26-25(21-8-3-2-4-9-21)12-10-24(11-13-25)19-29(17-22-18-30(14-15-32)28-27-22)23(33)31(24)16-20-6-5-7-20/h2-4,8-9,18,20,26,32H,5-7,10-17,19H2,1H3/t24-,25+. The second-order valence-corrected chi connectivity index (χ2v) is 10.2. The molecule has 8 heteroatoms. The van der Waals surface area contributed by atoms with Gasteiger partial charge in [-0.05, 0) is 57.1 Å². The lowest BCUT2D eigenvalue weighted by Gasteiger charge is -2.49. The summed E-state index contributed by atoms with van der Waals surface area (Å²) in [4.78, 5) is 17.8. The molecule has 1 aromatic carbocycles. The van der Waals surface area contributed by atoms with Crippen LogP contribution in [0, 0.1) is 5.92 Å². The molecule has 2 N–H and O–H groups in total. The third-order valence-electron chi connectivity index (χ3n) is 8.33. The second kappa shape index (κ2) is 9.06. The van der Waals surface area contributed by atoms with E-state index in [2.05, 4.69) is 57.9 Å². The normalized spacial score (nSPS) is 28.0. The Kier molecular flexibility index (Phi) is 6.14. The van der Waals surface area contributed by atoms with Crippen molar-refractivity contribution in [3.05, 3.63) is 47.8 Å². The summed E-state index contributed by atoms with van der Waals surface area (Å²) in [5.74, 6) is 0.640. The number of rotatable bonds is 8. The van der Waals surface area contributed by atoms with Crippen molar-refractivity contribution >= 4 is 6.03 Å². The van der Waals surface area contributed by atoms with E-state index in [-0.39, 0.29) is 23.7 Å². The fourth-order valence-corrected chi connectivity index (χ4v) is 6.04. The average Bonchev–Trinajstić information content (AvgIpc) is 3.35. The van der Waals surface area contributed by atoms with E-state index < -0.39 is 0 Å². The summed E-state index contributed by atoms with van der Waals surface area (Å²) < 4.78 is 1.64. The number of nitrogens with one attached hydrogen (secondary N) is 1. The van der Waals surface area contributed by atoms with Gasteiger partial charge in [0.2, 0.25) is 0 Å². The van der Waals surface area contributed by atoms with Gasteiger partial charge < -0.3 is 20.2 Å². The molecule has 3 fully saturated rings. The van der Waals surface area contributed by atoms with Gasteiger partial charge in [-0.1, -0.05) is 42.0 Å². The molecule has 2 saturated carbocycles. The quantitative estimate of drug-likeness (QED) is 0.643. The first-order valence-electron chi connectivity index (χ1n) is 12.4. The number of hydrogen-bond acceptors (Lipinski definition) is 5. The van der Waals surface area contributed by atoms with Gasteiger partial charge in [-0.2, -0.15) is 0 Å². The van der Waals surface area contributed by atoms with Crippen LogP contribution in [0.3, 0.4) is 0 Å². The van der Waals surface area contributed by atoms with Crippen LogP contribution in [-0.2, 0) is 18.6 Å². The van der Waals surface area contributed by atoms with E-state index in [0.717, 1.165) is 44.5 Å². The van der Waals surface area contributed by atoms with E-state index in [4.69, 9.17) is 5.11 Å². The Bertz CT molecular complexity index is 949. The third kappa shape index (κ3) is 4.15. The largest absolute Gasteiger partial charge is 0.394 e. The molecular formula is C25H36N6O2. The van der Waals surface area contributed by atoms with Crippen molar-refractivity contribution in [2.75, 3.05) is 26.7 Å². The van der Waals surface area contributed by atoms with Crippen LogP contribution in [0.5, 0.6) is 0 Å². The monoisotopic (exact) mass is 452 g/mol. The first-order valence-corrected chi connectivity index (χ1v) is 12.4. The Hall–Kier alpha value is -2.45. The van der Waals surface area contributed by atoms with E-state index in [1.807, 2.05) is 11.1 Å². The van der Waals surface area contributed by atoms with Crippen molar-refractivity contribution in [2.45, 2.75) is 69.1 Å². The summed E-state index contributed by atoms with van der Waals surface area (Å²) in [6, 6.07) is 10.9. The van der Waals surface area contributed by atoms with Gasteiger partial charge >= 0.3 is 6.03 Å². The number of aliphatic hydroxyl groups excluding tert-OH is 1. The molecule has 0 unspecified atom stereocenters. The first-order chi connectivity index (χ1) is 16.1. The van der Waals surface area contributed by atoms with Crippen LogP contribution in [0.25, 0.3) is 0 Å². The van der Waals surface area contributed by atoms with Crippen LogP contribution in [0.2, 0.25) is 0 Å². The van der Waals surface area contributed by atoms with Gasteiger partial charge in [-0.25, -0.2) is 9.48 Å². The lowest BCUT2D eigenvalue weighted by Crippen LogP contribution is -2.56. The van der Waals surface area contributed by atoms with Gasteiger partial charge in [0.1, 0.15) is 5.69 Å². The van der Waals surface area contributed by atoms with Crippen molar-refractivity contribution in [3.8, 4) is 0 Å². The number of hydrogen-bond donors (Lipinski definition) is 2. The predicted octanol–water partition coefficient (Wildman–Crippen LogP) is 2.74. The Morgan fingerprint density at radius 1 is 1.15 bits per heavy atom. The topological polar surface area (TPSA) is 86.5 Å². The van der Waals surface area contributed by atoms with Crippen LogP contribution in [0.1, 0.15) is 56.2 Å². The third-order valence-corrected chi connectivity index (χ3v) is 8.33. The minimum atomic E-state index is -0.108. The number of benzene rings is 1. The molecular weight excluding hydrogens is 416 g/mol. The zero-order valence-electron chi connectivity index (χ0n) is 19.6. The number of nitrogens with zero attached hydrogens (tertiary/aromatic N) is 5. The summed E-state index contributed by atoms with van der Waals surface area (Å²) in [6.45, 7) is 2.55. The smallest absolute Gasteiger partial charge is 0.320 e. The van der Waals surface area contributed by atoms with E-state index in [1.165, 1.54) is 24.8 Å². The Morgan fingerprint density at radius 2 is 1.91 bits per heavy atom. The predicted molar refractivity (Wildman–Crippen MR) is 125 cm³/mol. The first kappa shape index (κ1) is 22.3. The number of carbonyl (C=O) groups excluding carboxylic acids is 1. The average molecular weight is 453 g/mol. The number of aromatic nitrogens is 3. The molecule has 33 heavy (non-hydrogen) atoms. The molecule has 2 amide bonds. The molecule has 2 heterocycles. The zero-order valence-corrected chi connectivity index (χ0v) is 19.6. The number of amides is 2. The minimum Gasteiger partial charge on any atom is -0.394 e. The molecule has 0 atom stereocenters. The lowest BCUT2D eigenvalue weighted by molar-refractivity contribution is 0.0584. The van der Waals surface area contributed by atoms with Gasteiger partial charge in [-0.15, -0.1) is 5.10 Å². The molecule has 1 spiro atoms. The summed E-state index contributed by atoms with van der Waals surface area (Å²) in [5.41, 5.74) is 1.98. The molecule has 3 aliphatic rings. The summed E-state index contributed by atoms with van der Waals surface area (Å²) >= 11 is 0. The SMILES string of the molecule is CN[C@]1(c2ccccc2)CC[C@]2(CC1)CN(Cc1cn(CCO)nn1)C(=O)N2CC1CCC1. The van der Waals surface area contributed by atoms with Gasteiger partial charge in [0.25, 0.3) is 0 Å². The highest BCUT2D eigenvalue weighted by atomic mass is 16.3. The number of urea groups is 1. The van der Waals surface area contributed by atoms with E-state index in [9.17, 15) is 4.79 Å². The molecule has 1 saturated heterocycles. The zero-order chi connectivity index (χ0) is 22.9. The molecule has 1 aliphatic heterocycles. The highest BCUT2D eigenvalue weighted by Crippen LogP contribution is 2.47. The van der Waals surface area contributed by atoms with Gasteiger partial charge in [0, 0.05) is 18.6 Å². The highest BCUT2D eigenvalue weighted by molar-refractivity contribution is 5.78. The fourth-order valence-electron chi connectivity index (χ4n) is 6.04. The van der Waals surface area contributed by atoms with E-state index in [0.29, 0.717) is 19.0 Å². The summed E-state index contributed by atoms with van der Waals surface area (Å²) in [5, 5.41) is 21.1. The maximum atomic E-state index is 13.6. The number of carbonyl (C=O) groups is 1. The maximum absolute atomic E-state index is 13.6. The van der Waals surface area contributed by atoms with E-state index >= 15 is 0 Å². The molecule has 8 nitrogen and oxygen atoms in total. The van der Waals surface area contributed by atoms with Crippen molar-refractivity contribution in [1.29, 1.82) is 0 Å². The molecule has 2 aliphatic carbocycles. The highest BCUT2D eigenvalue weighted by Gasteiger charge is 2.54. The molecule has 0 radical (unpaired) electrons. The fraction of sp³-hybridized carbons (Fsp3) is 0.640. The van der Waals surface area contributed by atoms with Crippen LogP contribution in [-0.4, -0.2) is 68.2 Å². The molecule has 0 bridgehead atoms. The van der Waals surface area contributed by atoms with Crippen molar-refractivity contribution in [3.63, 3.8) is 0 Å². The Morgan fingerprint density at radius 3 is 2.55 bits per heavy atom. The number of aliphatic hydroxyl groups is 1. The molecule has 2 aromatic rings. The van der Waals surface area contributed by atoms with Crippen molar-refractivity contribution in [2.24, 2.45) is 5.92 Å². The van der Waals surface area contributed by atoms with Gasteiger partial charge in [0.05, 0.1) is 31.4 Å². The second-order valence-electron chi connectivity index (χ2n) is 10.2. The van der Waals surface area contributed by atoms with E-state index in [1.54, 1.807) is 4.68 Å². The molecule has 5 rings (SSSR count). The Balaban J connectivity index is 1.35.